The molecular formula is C25H27NO3. The minimum absolute atomic E-state index is 0.00533. The predicted octanol–water partition coefficient (Wildman–Crippen LogP) is 4.20. The Hall–Kier alpha value is -3.27. The van der Waals surface area contributed by atoms with Crippen molar-refractivity contribution in [3.05, 3.63) is 95.1 Å². The summed E-state index contributed by atoms with van der Waals surface area (Å²) in [4.78, 5) is 12.3. The molecule has 3 rings (SSSR count). The number of carbonyl (C=O) groups is 1. The van der Waals surface area contributed by atoms with Gasteiger partial charge >= 0.3 is 0 Å². The van der Waals surface area contributed by atoms with E-state index in [0.29, 0.717) is 13.0 Å². The van der Waals surface area contributed by atoms with Crippen molar-refractivity contribution in [2.45, 2.75) is 19.3 Å². The van der Waals surface area contributed by atoms with Gasteiger partial charge in [0.15, 0.2) is 0 Å². The number of nitrogens with one attached hydrogen (secondary N) is 1. The van der Waals surface area contributed by atoms with Crippen molar-refractivity contribution in [3.63, 3.8) is 0 Å². The van der Waals surface area contributed by atoms with Crippen LogP contribution < -0.4 is 14.8 Å². The Balaban J connectivity index is 1.54. The summed E-state index contributed by atoms with van der Waals surface area (Å²) in [5.41, 5.74) is 4.42. The molecule has 0 radical (unpaired) electrons. The highest BCUT2D eigenvalue weighted by atomic mass is 16.5. The molecule has 0 aliphatic heterocycles. The minimum Gasteiger partial charge on any atom is -0.497 e. The van der Waals surface area contributed by atoms with Crippen LogP contribution in [0.4, 0.5) is 0 Å². The summed E-state index contributed by atoms with van der Waals surface area (Å²) in [7, 11) is 3.32. The van der Waals surface area contributed by atoms with Gasteiger partial charge in [-0.25, -0.2) is 0 Å². The Morgan fingerprint density at radius 2 is 1.62 bits per heavy atom. The van der Waals surface area contributed by atoms with Gasteiger partial charge in [0.25, 0.3) is 0 Å². The molecule has 4 nitrogen and oxygen atoms in total. The van der Waals surface area contributed by atoms with Crippen molar-refractivity contribution >= 4 is 5.91 Å². The zero-order valence-electron chi connectivity index (χ0n) is 17.0. The maximum atomic E-state index is 12.3. The maximum Gasteiger partial charge on any atom is 0.224 e. The number of hydrogen-bond donors (Lipinski definition) is 1. The van der Waals surface area contributed by atoms with Gasteiger partial charge in [0.2, 0.25) is 5.91 Å². The van der Waals surface area contributed by atoms with E-state index in [9.17, 15) is 4.79 Å². The Morgan fingerprint density at radius 1 is 0.828 bits per heavy atom. The summed E-state index contributed by atoms with van der Waals surface area (Å²) >= 11 is 0. The van der Waals surface area contributed by atoms with E-state index in [1.807, 2.05) is 60.7 Å². The molecule has 0 bridgehead atoms. The number of benzene rings is 3. The van der Waals surface area contributed by atoms with Crippen LogP contribution in [0.15, 0.2) is 72.8 Å². The molecule has 0 atom stereocenters. The van der Waals surface area contributed by atoms with Crippen molar-refractivity contribution in [1.82, 2.24) is 5.32 Å². The molecule has 1 N–H and O–H groups in total. The lowest BCUT2D eigenvalue weighted by Gasteiger charge is -2.11. The van der Waals surface area contributed by atoms with Crippen LogP contribution in [0.5, 0.6) is 11.5 Å². The molecule has 0 unspecified atom stereocenters. The van der Waals surface area contributed by atoms with Gasteiger partial charge < -0.3 is 14.8 Å². The van der Waals surface area contributed by atoms with Gasteiger partial charge in [-0.2, -0.15) is 0 Å². The van der Waals surface area contributed by atoms with Gasteiger partial charge in [0.05, 0.1) is 20.6 Å². The molecule has 1 amide bonds. The van der Waals surface area contributed by atoms with Crippen LogP contribution >= 0.6 is 0 Å². The molecular weight excluding hydrogens is 362 g/mol. The minimum atomic E-state index is 0.00533. The van der Waals surface area contributed by atoms with Crippen molar-refractivity contribution in [3.8, 4) is 11.5 Å². The second-order valence-electron chi connectivity index (χ2n) is 6.94. The number of methoxy groups -OCH3 is 2. The van der Waals surface area contributed by atoms with Gasteiger partial charge in [-0.3, -0.25) is 4.79 Å². The molecule has 4 heteroatoms. The van der Waals surface area contributed by atoms with Crippen molar-refractivity contribution in [2.75, 3.05) is 20.8 Å². The van der Waals surface area contributed by atoms with E-state index in [2.05, 4.69) is 17.4 Å². The number of carbonyl (C=O) groups excluding carboxylic acids is 1. The zero-order chi connectivity index (χ0) is 20.5. The molecule has 3 aromatic rings. The van der Waals surface area contributed by atoms with Crippen LogP contribution in [0.25, 0.3) is 0 Å². The summed E-state index contributed by atoms with van der Waals surface area (Å²) in [5, 5.41) is 2.99. The molecule has 150 valence electrons. The van der Waals surface area contributed by atoms with Gasteiger partial charge in [-0.1, -0.05) is 54.6 Å². The van der Waals surface area contributed by atoms with Crippen LogP contribution in [0.1, 0.15) is 22.3 Å². The second kappa shape index (κ2) is 10.3. The molecule has 0 aliphatic rings. The molecule has 0 heterocycles. The highest BCUT2D eigenvalue weighted by molar-refractivity contribution is 5.78. The number of hydrogen-bond acceptors (Lipinski definition) is 3. The Kier molecular flexibility index (Phi) is 7.28. The molecule has 0 saturated carbocycles. The number of rotatable bonds is 9. The molecule has 0 spiro atoms. The van der Waals surface area contributed by atoms with Crippen LogP contribution in [0, 0.1) is 0 Å². The lowest BCUT2D eigenvalue weighted by atomic mass is 10.0. The maximum absolute atomic E-state index is 12.3. The lowest BCUT2D eigenvalue weighted by Crippen LogP contribution is -2.27. The predicted molar refractivity (Wildman–Crippen MR) is 116 cm³/mol. The van der Waals surface area contributed by atoms with Crippen molar-refractivity contribution < 1.29 is 14.3 Å². The Bertz CT molecular complexity index is 938. The zero-order valence-corrected chi connectivity index (χ0v) is 17.0. The van der Waals surface area contributed by atoms with Gasteiger partial charge in [-0.15, -0.1) is 0 Å². The van der Waals surface area contributed by atoms with E-state index in [4.69, 9.17) is 9.47 Å². The van der Waals surface area contributed by atoms with Crippen LogP contribution in [0.3, 0.4) is 0 Å². The normalized spacial score (nSPS) is 10.4. The van der Waals surface area contributed by atoms with E-state index < -0.39 is 0 Å². The summed E-state index contributed by atoms with van der Waals surface area (Å²) in [6.45, 7) is 0.592. The Morgan fingerprint density at radius 3 is 2.38 bits per heavy atom. The highest BCUT2D eigenvalue weighted by Gasteiger charge is 2.09. The molecule has 29 heavy (non-hydrogen) atoms. The van der Waals surface area contributed by atoms with E-state index >= 15 is 0 Å². The second-order valence-corrected chi connectivity index (χ2v) is 6.94. The first-order valence-electron chi connectivity index (χ1n) is 9.77. The van der Waals surface area contributed by atoms with Crippen molar-refractivity contribution in [2.24, 2.45) is 0 Å². The fourth-order valence-corrected chi connectivity index (χ4v) is 3.28. The van der Waals surface area contributed by atoms with E-state index in [0.717, 1.165) is 41.0 Å². The lowest BCUT2D eigenvalue weighted by molar-refractivity contribution is -0.120. The van der Waals surface area contributed by atoms with E-state index in [1.165, 1.54) is 5.56 Å². The van der Waals surface area contributed by atoms with Crippen molar-refractivity contribution in [1.29, 1.82) is 0 Å². The molecule has 0 aliphatic carbocycles. The van der Waals surface area contributed by atoms with Crippen LogP contribution in [-0.2, 0) is 24.1 Å². The number of ether oxygens (including phenoxy) is 2. The van der Waals surface area contributed by atoms with Crippen LogP contribution in [0.2, 0.25) is 0 Å². The fraction of sp³-hybridized carbons (Fsp3) is 0.240. The Labute approximate surface area is 172 Å². The van der Waals surface area contributed by atoms with E-state index in [1.54, 1.807) is 14.2 Å². The monoisotopic (exact) mass is 389 g/mol. The third-order valence-electron chi connectivity index (χ3n) is 4.82. The first kappa shape index (κ1) is 20.5. The van der Waals surface area contributed by atoms with Crippen LogP contribution in [-0.4, -0.2) is 26.7 Å². The first-order chi connectivity index (χ1) is 14.2. The summed E-state index contributed by atoms with van der Waals surface area (Å²) in [6.07, 6.45) is 1.90. The molecule has 0 saturated heterocycles. The number of amides is 1. The smallest absolute Gasteiger partial charge is 0.224 e. The third-order valence-corrected chi connectivity index (χ3v) is 4.82. The average molecular weight is 389 g/mol. The van der Waals surface area contributed by atoms with E-state index in [-0.39, 0.29) is 5.91 Å². The fourth-order valence-electron chi connectivity index (χ4n) is 3.28. The highest BCUT2D eigenvalue weighted by Crippen LogP contribution is 2.23. The summed E-state index contributed by atoms with van der Waals surface area (Å²) in [5.74, 6) is 1.65. The third kappa shape index (κ3) is 6.11. The average Bonchev–Trinajstić information content (AvgIpc) is 2.75. The SMILES string of the molecule is COc1cccc(CCNC(=O)Cc2ccc(Cc3ccccc3)c(OC)c2)c1. The topological polar surface area (TPSA) is 47.6 Å². The van der Waals surface area contributed by atoms with Gasteiger partial charge in [0, 0.05) is 13.0 Å². The molecule has 0 fully saturated rings. The quantitative estimate of drug-likeness (QED) is 0.597. The summed E-state index contributed by atoms with van der Waals surface area (Å²) < 4.78 is 10.8. The molecule has 0 aromatic heterocycles. The largest absolute Gasteiger partial charge is 0.497 e. The first-order valence-corrected chi connectivity index (χ1v) is 9.77. The standard InChI is InChI=1S/C25H27NO3/c1-28-23-10-6-9-20(16-23)13-14-26-25(27)18-21-11-12-22(24(17-21)29-2)15-19-7-4-3-5-8-19/h3-12,16-17H,13-15,18H2,1-2H3,(H,26,27). The summed E-state index contributed by atoms with van der Waals surface area (Å²) in [6, 6.07) is 24.2. The van der Waals surface area contributed by atoms with Gasteiger partial charge in [-0.05, 0) is 46.9 Å². The molecule has 3 aromatic carbocycles. The van der Waals surface area contributed by atoms with Gasteiger partial charge in [0.1, 0.15) is 11.5 Å².